The predicted octanol–water partition coefficient (Wildman–Crippen LogP) is 12.3. The molecule has 0 aliphatic rings. The Bertz CT molecular complexity index is 2360. The summed E-state index contributed by atoms with van der Waals surface area (Å²) in [6, 6.07) is 32.0. The van der Waals surface area contributed by atoms with Gasteiger partial charge in [0.25, 0.3) is 0 Å². The van der Waals surface area contributed by atoms with E-state index in [1.807, 2.05) is 47.4 Å². The summed E-state index contributed by atoms with van der Waals surface area (Å²) in [5.74, 6) is 2.07. The van der Waals surface area contributed by atoms with Gasteiger partial charge in [-0.3, -0.25) is 4.68 Å². The van der Waals surface area contributed by atoms with E-state index < -0.39 is 0 Å². The van der Waals surface area contributed by atoms with E-state index in [-0.39, 0.29) is 31.9 Å². The smallest absolute Gasteiger partial charge is 0.509 e. The van der Waals surface area contributed by atoms with Gasteiger partial charge in [-0.25, -0.2) is 4.98 Å². The van der Waals surface area contributed by atoms with Gasteiger partial charge < -0.3 is 9.30 Å². The molecule has 3 aromatic heterocycles. The van der Waals surface area contributed by atoms with Crippen LogP contribution in [0.5, 0.6) is 11.5 Å². The number of aromatic nitrogens is 4. The molecule has 0 fully saturated rings. The fourth-order valence-corrected chi connectivity index (χ4v) is 7.21. The summed E-state index contributed by atoms with van der Waals surface area (Å²) in [7, 11) is 0. The van der Waals surface area contributed by atoms with Gasteiger partial charge in [-0.15, -0.1) is 35.7 Å². The van der Waals surface area contributed by atoms with E-state index in [1.165, 1.54) is 27.8 Å². The third kappa shape index (κ3) is 8.36. The van der Waals surface area contributed by atoms with Crippen LogP contribution in [0.2, 0.25) is 0 Å². The van der Waals surface area contributed by atoms with Crippen LogP contribution in [-0.4, -0.2) is 19.3 Å². The van der Waals surface area contributed by atoms with Gasteiger partial charge in [0.05, 0.1) is 6.20 Å². The van der Waals surface area contributed by atoms with Crippen molar-refractivity contribution in [3.8, 4) is 34.1 Å². The minimum atomic E-state index is 0. The van der Waals surface area contributed by atoms with Crippen LogP contribution in [-0.2, 0) is 33.9 Å². The van der Waals surface area contributed by atoms with Gasteiger partial charge in [0, 0.05) is 35.0 Å². The molecule has 53 heavy (non-hydrogen) atoms. The van der Waals surface area contributed by atoms with Crippen LogP contribution < -0.4 is 4.74 Å². The largest absolute Gasteiger partial charge is 2.00 e. The number of para-hydroxylation sites is 1. The molecule has 0 atom stereocenters. The van der Waals surface area contributed by atoms with Crippen molar-refractivity contribution in [3.05, 3.63) is 131 Å². The Morgan fingerprint density at radius 2 is 1.40 bits per heavy atom. The van der Waals surface area contributed by atoms with Crippen LogP contribution in [0.4, 0.5) is 0 Å². The number of aryl methyl sites for hydroxylation is 3. The molecule has 3 heterocycles. The first-order chi connectivity index (χ1) is 24.7. The molecule has 0 N–H and O–H groups in total. The second kappa shape index (κ2) is 15.1. The number of benzene rings is 4. The van der Waals surface area contributed by atoms with Crippen molar-refractivity contribution in [2.75, 3.05) is 0 Å². The summed E-state index contributed by atoms with van der Waals surface area (Å²) in [6.07, 6.45) is 10.4. The summed E-state index contributed by atoms with van der Waals surface area (Å²) in [5.41, 5.74) is 12.6. The summed E-state index contributed by atoms with van der Waals surface area (Å²) in [5, 5.41) is 7.15. The summed E-state index contributed by atoms with van der Waals surface area (Å²) in [4.78, 5) is 4.71. The van der Waals surface area contributed by atoms with E-state index in [1.54, 1.807) is 0 Å². The van der Waals surface area contributed by atoms with Gasteiger partial charge in [-0.2, -0.15) is 17.2 Å². The van der Waals surface area contributed by atoms with E-state index >= 15 is 0 Å². The SMILES string of the molecule is Cc1ccnc(-n2c3[c-]c(Oc4[c-]c(-n5cc(-c6c(CCC(C)(C)C)c(C)cc(C)c6CCC(C)(C)C)cn5)ccc4)ccc3c3ccccc32)c1.[Pt+2]. The zero-order chi connectivity index (χ0) is 36.8. The minimum absolute atomic E-state index is 0. The zero-order valence-electron chi connectivity index (χ0n) is 32.5. The van der Waals surface area contributed by atoms with Crippen molar-refractivity contribution >= 4 is 21.8 Å². The van der Waals surface area contributed by atoms with E-state index in [2.05, 4.69) is 128 Å². The zero-order valence-corrected chi connectivity index (χ0v) is 34.8. The van der Waals surface area contributed by atoms with Gasteiger partial charge in [-0.1, -0.05) is 71.3 Å². The van der Waals surface area contributed by atoms with E-state index in [9.17, 15) is 0 Å². The number of pyridine rings is 1. The minimum Gasteiger partial charge on any atom is -0.509 e. The van der Waals surface area contributed by atoms with Crippen LogP contribution in [0, 0.1) is 43.7 Å². The molecular weight excluding hydrogens is 832 g/mol. The summed E-state index contributed by atoms with van der Waals surface area (Å²) in [6.45, 7) is 20.6. The van der Waals surface area contributed by atoms with Gasteiger partial charge in [0.15, 0.2) is 0 Å². The van der Waals surface area contributed by atoms with Crippen LogP contribution in [0.25, 0.3) is 44.4 Å². The monoisotopic (exact) mass is 881 g/mol. The van der Waals surface area contributed by atoms with Gasteiger partial charge in [0.1, 0.15) is 5.82 Å². The van der Waals surface area contributed by atoms with Crippen molar-refractivity contribution in [1.29, 1.82) is 0 Å². The van der Waals surface area contributed by atoms with Crippen molar-refractivity contribution in [2.45, 2.75) is 88.0 Å². The molecule has 6 heteroatoms. The number of hydrogen-bond acceptors (Lipinski definition) is 3. The average molecular weight is 882 g/mol. The molecule has 0 bridgehead atoms. The third-order valence-electron chi connectivity index (χ3n) is 10.0. The van der Waals surface area contributed by atoms with Gasteiger partial charge in [-0.05, 0) is 120 Å². The normalized spacial score (nSPS) is 12.0. The Hall–Kier alpha value is -4.47. The molecule has 0 radical (unpaired) electrons. The third-order valence-corrected chi connectivity index (χ3v) is 10.0. The van der Waals surface area contributed by atoms with Crippen LogP contribution >= 0.6 is 0 Å². The molecule has 5 nitrogen and oxygen atoms in total. The Kier molecular flexibility index (Phi) is 10.9. The predicted molar refractivity (Wildman–Crippen MR) is 215 cm³/mol. The average Bonchev–Trinajstić information content (AvgIpc) is 3.70. The van der Waals surface area contributed by atoms with Crippen molar-refractivity contribution in [3.63, 3.8) is 0 Å². The molecule has 0 saturated carbocycles. The van der Waals surface area contributed by atoms with E-state index in [0.29, 0.717) is 11.5 Å². The molecule has 7 rings (SSSR count). The molecule has 0 aliphatic heterocycles. The number of ether oxygens (including phenoxy) is 1. The molecule has 0 unspecified atom stereocenters. The first-order valence-corrected chi connectivity index (χ1v) is 18.5. The molecule has 0 saturated heterocycles. The van der Waals surface area contributed by atoms with Crippen molar-refractivity contribution < 1.29 is 25.8 Å². The maximum Gasteiger partial charge on any atom is 2.00 e. The van der Waals surface area contributed by atoms with Gasteiger partial charge >= 0.3 is 21.1 Å². The topological polar surface area (TPSA) is 44.9 Å². The molecule has 4 aromatic carbocycles. The Balaban J connectivity index is 0.00000481. The second-order valence-electron chi connectivity index (χ2n) is 16.8. The maximum absolute atomic E-state index is 6.46. The summed E-state index contributed by atoms with van der Waals surface area (Å²) < 4.78 is 10.5. The molecular formula is C47H50N4OPt. The maximum atomic E-state index is 6.46. The van der Waals surface area contributed by atoms with Crippen molar-refractivity contribution in [1.82, 2.24) is 19.3 Å². The first kappa shape index (κ1) is 38.3. The van der Waals surface area contributed by atoms with Crippen LogP contribution in [0.1, 0.15) is 82.2 Å². The molecule has 0 aliphatic carbocycles. The second-order valence-corrected chi connectivity index (χ2v) is 16.8. The van der Waals surface area contributed by atoms with Crippen molar-refractivity contribution in [2.24, 2.45) is 10.8 Å². The molecule has 0 spiro atoms. The Labute approximate surface area is 329 Å². The van der Waals surface area contributed by atoms with E-state index in [0.717, 1.165) is 70.1 Å². The van der Waals surface area contributed by atoms with Crippen LogP contribution in [0.3, 0.4) is 0 Å². The Morgan fingerprint density at radius 1 is 0.717 bits per heavy atom. The number of fused-ring (bicyclic) bond motifs is 3. The number of hydrogen-bond donors (Lipinski definition) is 0. The first-order valence-electron chi connectivity index (χ1n) is 18.5. The van der Waals surface area contributed by atoms with Gasteiger partial charge in [0.2, 0.25) is 0 Å². The molecule has 7 aromatic rings. The number of nitrogens with zero attached hydrogens (tertiary/aromatic N) is 4. The fourth-order valence-electron chi connectivity index (χ4n) is 7.21. The number of rotatable bonds is 9. The Morgan fingerprint density at radius 3 is 2.08 bits per heavy atom. The summed E-state index contributed by atoms with van der Waals surface area (Å²) >= 11 is 0. The fraction of sp³-hybridized carbons (Fsp3) is 0.319. The van der Waals surface area contributed by atoms with E-state index in [4.69, 9.17) is 14.8 Å². The quantitative estimate of drug-likeness (QED) is 0.136. The molecule has 0 amide bonds. The van der Waals surface area contributed by atoms with Crippen LogP contribution in [0.15, 0.2) is 91.4 Å². The standard InChI is InChI=1S/C47H50N4O.Pt/c1-31-21-24-48-44(25-31)51-42-16-11-10-15-40(42)41-18-17-37(28-43(41)51)52-36-14-12-13-35(27-36)50-30-34(29-49-50)45-38(19-22-46(4,5)6)32(2)26-33(3)39(45)20-23-47(7,8)9;/h10-18,21,24-26,29-30H,19-20,22-23H2,1-9H3;/q-2;+2. The molecule has 274 valence electrons.